The topological polar surface area (TPSA) is 62.3 Å². The lowest BCUT2D eigenvalue weighted by atomic mass is 9.79. The van der Waals surface area contributed by atoms with E-state index >= 15 is 0 Å². The molecule has 1 saturated heterocycles. The second-order valence-electron chi connectivity index (χ2n) is 8.89. The Kier molecular flexibility index (Phi) is 6.87. The minimum absolute atomic E-state index is 0.0296. The van der Waals surface area contributed by atoms with E-state index in [1.54, 1.807) is 12.4 Å². The molecule has 0 bridgehead atoms. The van der Waals surface area contributed by atoms with Crippen molar-refractivity contribution in [2.45, 2.75) is 32.6 Å². The van der Waals surface area contributed by atoms with E-state index in [0.29, 0.717) is 32.5 Å². The molecule has 5 heteroatoms. The number of pyridine rings is 1. The molecule has 2 amide bonds. The van der Waals surface area contributed by atoms with Crippen molar-refractivity contribution in [2.75, 3.05) is 19.6 Å². The van der Waals surface area contributed by atoms with Gasteiger partial charge in [0.2, 0.25) is 11.8 Å². The second-order valence-corrected chi connectivity index (χ2v) is 8.89. The highest BCUT2D eigenvalue weighted by atomic mass is 16.2. The van der Waals surface area contributed by atoms with Gasteiger partial charge in [-0.3, -0.25) is 14.6 Å². The Morgan fingerprint density at radius 3 is 2.52 bits per heavy atom. The van der Waals surface area contributed by atoms with Crippen LogP contribution in [0, 0.1) is 5.41 Å². The van der Waals surface area contributed by atoms with Gasteiger partial charge in [-0.1, -0.05) is 54.6 Å². The fourth-order valence-corrected chi connectivity index (χ4v) is 4.77. The van der Waals surface area contributed by atoms with Crippen molar-refractivity contribution < 1.29 is 9.59 Å². The van der Waals surface area contributed by atoms with Gasteiger partial charge >= 0.3 is 0 Å². The number of nitrogens with zero attached hydrogens (tertiary/aromatic N) is 2. The van der Waals surface area contributed by atoms with Crippen LogP contribution in [-0.4, -0.2) is 41.3 Å². The van der Waals surface area contributed by atoms with Crippen LogP contribution in [-0.2, 0) is 16.0 Å². The summed E-state index contributed by atoms with van der Waals surface area (Å²) in [6, 6.07) is 22.1. The predicted octanol–water partition coefficient (Wildman–Crippen LogP) is 4.45. The van der Waals surface area contributed by atoms with E-state index in [2.05, 4.69) is 28.5 Å². The zero-order valence-electron chi connectivity index (χ0n) is 19.3. The Bertz CT molecular complexity index is 1100. The number of aromatic nitrogens is 1. The number of likely N-dealkylation sites (tertiary alicyclic amines) is 1. The van der Waals surface area contributed by atoms with Crippen LogP contribution < -0.4 is 5.32 Å². The van der Waals surface area contributed by atoms with Gasteiger partial charge in [-0.15, -0.1) is 0 Å². The van der Waals surface area contributed by atoms with Crippen molar-refractivity contribution >= 4 is 11.8 Å². The van der Waals surface area contributed by atoms with Crippen LogP contribution in [0.1, 0.15) is 37.3 Å². The minimum atomic E-state index is -0.626. The Labute approximate surface area is 195 Å². The third-order valence-corrected chi connectivity index (χ3v) is 6.64. The van der Waals surface area contributed by atoms with Crippen molar-refractivity contribution in [1.29, 1.82) is 0 Å². The molecule has 0 aliphatic carbocycles. The third-order valence-electron chi connectivity index (χ3n) is 6.64. The fourth-order valence-electron chi connectivity index (χ4n) is 4.77. The maximum atomic E-state index is 13.3. The van der Waals surface area contributed by atoms with Gasteiger partial charge in [0.15, 0.2) is 0 Å². The van der Waals surface area contributed by atoms with Crippen LogP contribution in [0.3, 0.4) is 0 Å². The van der Waals surface area contributed by atoms with E-state index in [9.17, 15) is 9.59 Å². The van der Waals surface area contributed by atoms with E-state index in [-0.39, 0.29) is 17.7 Å². The lowest BCUT2D eigenvalue weighted by Crippen LogP contribution is -2.45. The third kappa shape index (κ3) is 4.98. The number of amides is 2. The highest BCUT2D eigenvalue weighted by Gasteiger charge is 2.46. The van der Waals surface area contributed by atoms with Crippen molar-refractivity contribution in [1.82, 2.24) is 15.2 Å². The molecule has 170 valence electrons. The molecule has 0 spiro atoms. The van der Waals surface area contributed by atoms with Gasteiger partial charge in [0.25, 0.3) is 0 Å². The SMILES string of the molecule is CCNC(=O)[C@]1(Cc2cccc(-c3ccncc3)c2)CCN(C(=O)[C@H](C)c2ccccc2)C1. The van der Waals surface area contributed by atoms with Gasteiger partial charge in [-0.2, -0.15) is 0 Å². The predicted molar refractivity (Wildman–Crippen MR) is 131 cm³/mol. The van der Waals surface area contributed by atoms with Crippen LogP contribution in [0.25, 0.3) is 11.1 Å². The maximum Gasteiger partial charge on any atom is 0.229 e. The average Bonchev–Trinajstić information content (AvgIpc) is 3.30. The Hall–Kier alpha value is -3.47. The van der Waals surface area contributed by atoms with Gasteiger partial charge in [0.1, 0.15) is 0 Å². The Morgan fingerprint density at radius 1 is 1.03 bits per heavy atom. The molecular formula is C28H31N3O2. The van der Waals surface area contributed by atoms with Crippen LogP contribution in [0.4, 0.5) is 0 Å². The molecule has 33 heavy (non-hydrogen) atoms. The first kappa shape index (κ1) is 22.7. The summed E-state index contributed by atoms with van der Waals surface area (Å²) in [6.45, 7) is 5.49. The Morgan fingerprint density at radius 2 is 1.79 bits per heavy atom. The number of carbonyl (C=O) groups excluding carboxylic acids is 2. The van der Waals surface area contributed by atoms with Crippen LogP contribution in [0.5, 0.6) is 0 Å². The molecule has 1 aliphatic heterocycles. The molecule has 2 atom stereocenters. The molecule has 1 fully saturated rings. The van der Waals surface area contributed by atoms with Gasteiger partial charge in [0, 0.05) is 32.0 Å². The summed E-state index contributed by atoms with van der Waals surface area (Å²) in [4.78, 5) is 32.5. The van der Waals surface area contributed by atoms with Crippen molar-refractivity contribution in [2.24, 2.45) is 5.41 Å². The highest BCUT2D eigenvalue weighted by molar-refractivity contribution is 5.88. The van der Waals surface area contributed by atoms with E-state index in [4.69, 9.17) is 0 Å². The highest BCUT2D eigenvalue weighted by Crippen LogP contribution is 2.37. The maximum absolute atomic E-state index is 13.3. The Balaban J connectivity index is 1.57. The summed E-state index contributed by atoms with van der Waals surface area (Å²) in [6.07, 6.45) is 4.83. The standard InChI is InChI=1S/C28H31N3O2/c1-3-30-27(33)28(19-22-8-7-11-25(18-22)24-12-15-29-16-13-24)14-17-31(20-28)26(32)21(2)23-9-5-4-6-10-23/h4-13,15-16,18,21H,3,14,17,19-20H2,1-2H3,(H,30,33)/t21-,28+/m1/s1. The number of benzene rings is 2. The molecule has 1 aromatic heterocycles. The molecule has 2 aromatic carbocycles. The first-order valence-corrected chi connectivity index (χ1v) is 11.6. The molecule has 4 rings (SSSR count). The first-order chi connectivity index (χ1) is 16.0. The van der Waals surface area contributed by atoms with Crippen molar-refractivity contribution in [3.05, 3.63) is 90.3 Å². The van der Waals surface area contributed by atoms with E-state index < -0.39 is 5.41 Å². The first-order valence-electron chi connectivity index (χ1n) is 11.6. The number of hydrogen-bond acceptors (Lipinski definition) is 3. The lowest BCUT2D eigenvalue weighted by molar-refractivity contribution is -0.134. The van der Waals surface area contributed by atoms with Gasteiger partial charge in [-0.25, -0.2) is 0 Å². The quantitative estimate of drug-likeness (QED) is 0.589. The summed E-state index contributed by atoms with van der Waals surface area (Å²) in [5.41, 5.74) is 3.67. The molecule has 5 nitrogen and oxygen atoms in total. The average molecular weight is 442 g/mol. The second kappa shape index (κ2) is 9.99. The van der Waals surface area contributed by atoms with Crippen LogP contribution in [0.2, 0.25) is 0 Å². The number of hydrogen-bond donors (Lipinski definition) is 1. The largest absolute Gasteiger partial charge is 0.356 e. The number of rotatable bonds is 7. The number of nitrogens with one attached hydrogen (secondary N) is 1. The molecular weight excluding hydrogens is 410 g/mol. The number of carbonyl (C=O) groups is 2. The van der Waals surface area contributed by atoms with E-state index in [1.165, 1.54) is 0 Å². The minimum Gasteiger partial charge on any atom is -0.356 e. The molecule has 1 aliphatic rings. The molecule has 0 saturated carbocycles. The van der Waals surface area contributed by atoms with E-state index in [0.717, 1.165) is 22.3 Å². The van der Waals surface area contributed by atoms with Gasteiger partial charge in [0.05, 0.1) is 11.3 Å². The fraction of sp³-hybridized carbons (Fsp3) is 0.321. The molecule has 0 radical (unpaired) electrons. The van der Waals surface area contributed by atoms with Gasteiger partial charge in [-0.05, 0) is 61.1 Å². The summed E-state index contributed by atoms with van der Waals surface area (Å²) in [5.74, 6) is -0.119. The molecule has 1 N–H and O–H groups in total. The summed E-state index contributed by atoms with van der Waals surface area (Å²) in [5, 5.41) is 3.03. The van der Waals surface area contributed by atoms with Crippen LogP contribution >= 0.6 is 0 Å². The zero-order chi connectivity index (χ0) is 23.3. The zero-order valence-corrected chi connectivity index (χ0v) is 19.3. The molecule has 0 unspecified atom stereocenters. The summed E-state index contributed by atoms with van der Waals surface area (Å²) < 4.78 is 0. The van der Waals surface area contributed by atoms with Crippen molar-refractivity contribution in [3.63, 3.8) is 0 Å². The lowest BCUT2D eigenvalue weighted by Gasteiger charge is -2.29. The summed E-state index contributed by atoms with van der Waals surface area (Å²) >= 11 is 0. The normalized spacial score (nSPS) is 18.7. The van der Waals surface area contributed by atoms with Crippen LogP contribution in [0.15, 0.2) is 79.1 Å². The van der Waals surface area contributed by atoms with Gasteiger partial charge < -0.3 is 10.2 Å². The van der Waals surface area contributed by atoms with Crippen molar-refractivity contribution in [3.8, 4) is 11.1 Å². The molecule has 3 aromatic rings. The monoisotopic (exact) mass is 441 g/mol. The summed E-state index contributed by atoms with van der Waals surface area (Å²) in [7, 11) is 0. The van der Waals surface area contributed by atoms with E-state index in [1.807, 2.05) is 67.3 Å². The molecule has 2 heterocycles. The smallest absolute Gasteiger partial charge is 0.229 e.